The number of hydrogen-bond donors (Lipinski definition) is 1. The second-order valence-electron chi connectivity index (χ2n) is 5.13. The maximum absolute atomic E-state index is 12.2. The van der Waals surface area contributed by atoms with Gasteiger partial charge in [-0.05, 0) is 44.5 Å². The van der Waals surface area contributed by atoms with Crippen LogP contribution in [0.4, 0.5) is 0 Å². The van der Waals surface area contributed by atoms with Crippen LogP contribution in [-0.4, -0.2) is 47.4 Å². The number of hydrogen-bond acceptors (Lipinski definition) is 6. The van der Waals surface area contributed by atoms with Gasteiger partial charge in [0.2, 0.25) is 10.0 Å². The van der Waals surface area contributed by atoms with E-state index in [1.807, 2.05) is 0 Å². The Hall–Kier alpha value is -1.64. The quantitative estimate of drug-likeness (QED) is 0.535. The Morgan fingerprint density at radius 2 is 1.96 bits per heavy atom. The van der Waals surface area contributed by atoms with Crippen LogP contribution >= 0.6 is 0 Å². The van der Waals surface area contributed by atoms with Crippen LogP contribution in [0.15, 0.2) is 23.1 Å². The number of ether oxygens (including phenoxy) is 3. The Labute approximate surface area is 137 Å². The highest BCUT2D eigenvalue weighted by molar-refractivity contribution is 7.89. The molecule has 7 nitrogen and oxygen atoms in total. The molecular weight excluding hydrogens is 322 g/mol. The predicted molar refractivity (Wildman–Crippen MR) is 85.0 cm³/mol. The van der Waals surface area contributed by atoms with E-state index in [1.165, 1.54) is 12.1 Å². The first-order valence-electron chi connectivity index (χ1n) is 7.18. The topological polar surface area (TPSA) is 90.9 Å². The number of methoxy groups -OCH3 is 1. The minimum Gasteiger partial charge on any atom is -0.491 e. The number of benzene rings is 1. The maximum atomic E-state index is 12.2. The van der Waals surface area contributed by atoms with Gasteiger partial charge in [0.1, 0.15) is 18.9 Å². The molecule has 0 amide bonds. The summed E-state index contributed by atoms with van der Waals surface area (Å²) in [5.74, 6) is -0.0416. The first-order valence-corrected chi connectivity index (χ1v) is 8.66. The van der Waals surface area contributed by atoms with Gasteiger partial charge in [0.05, 0.1) is 17.6 Å². The Morgan fingerprint density at radius 1 is 1.26 bits per heavy atom. The molecule has 1 aromatic rings. The van der Waals surface area contributed by atoms with Gasteiger partial charge in [-0.2, -0.15) is 4.72 Å². The van der Waals surface area contributed by atoms with Crippen molar-refractivity contribution >= 4 is 16.0 Å². The molecule has 1 N–H and O–H groups in total. The van der Waals surface area contributed by atoms with E-state index in [9.17, 15) is 13.2 Å². The van der Waals surface area contributed by atoms with E-state index in [2.05, 4.69) is 4.72 Å². The largest absolute Gasteiger partial charge is 0.491 e. The molecule has 0 aliphatic carbocycles. The molecule has 0 saturated heterocycles. The van der Waals surface area contributed by atoms with Gasteiger partial charge < -0.3 is 14.2 Å². The Morgan fingerprint density at radius 3 is 2.52 bits per heavy atom. The van der Waals surface area contributed by atoms with Crippen LogP contribution in [0.2, 0.25) is 0 Å². The number of carbonyl (C=O) groups is 1. The summed E-state index contributed by atoms with van der Waals surface area (Å²) in [5.41, 5.74) is 0.675. The number of rotatable bonds is 9. The van der Waals surface area contributed by atoms with E-state index in [1.54, 1.807) is 33.9 Å². The van der Waals surface area contributed by atoms with Crippen LogP contribution in [0.25, 0.3) is 0 Å². The molecule has 0 aromatic heterocycles. The van der Waals surface area contributed by atoms with Crippen molar-refractivity contribution < 1.29 is 27.4 Å². The standard InChI is InChI=1S/C15H23NO6S/c1-11(2)22-15(17)10-16-23(18,19)13-5-6-14(12(3)9-13)21-8-7-20-4/h5-6,9,11,16H,7-8,10H2,1-4H3. The lowest BCUT2D eigenvalue weighted by Gasteiger charge is -2.12. The molecule has 0 aliphatic rings. The molecule has 0 heterocycles. The Balaban J connectivity index is 2.73. The molecule has 23 heavy (non-hydrogen) atoms. The number of sulfonamides is 1. The minimum absolute atomic E-state index is 0.0615. The Bertz CT molecular complexity index is 627. The van der Waals surface area contributed by atoms with Crippen LogP contribution in [-0.2, 0) is 24.3 Å². The van der Waals surface area contributed by atoms with Gasteiger partial charge >= 0.3 is 5.97 Å². The lowest BCUT2D eigenvalue weighted by Crippen LogP contribution is -2.31. The predicted octanol–water partition coefficient (Wildman–Crippen LogP) is 1.25. The fourth-order valence-electron chi connectivity index (χ4n) is 1.73. The molecule has 1 aromatic carbocycles. The number of aryl methyl sites for hydroxylation is 1. The molecule has 130 valence electrons. The van der Waals surface area contributed by atoms with Crippen LogP contribution in [0, 0.1) is 6.92 Å². The smallest absolute Gasteiger partial charge is 0.321 e. The molecule has 0 fully saturated rings. The summed E-state index contributed by atoms with van der Waals surface area (Å²) in [7, 11) is -2.22. The van der Waals surface area contributed by atoms with E-state index in [0.29, 0.717) is 24.5 Å². The average molecular weight is 345 g/mol. The van der Waals surface area contributed by atoms with E-state index in [0.717, 1.165) is 0 Å². The van der Waals surface area contributed by atoms with Crippen LogP contribution < -0.4 is 9.46 Å². The average Bonchev–Trinajstić information content (AvgIpc) is 2.46. The Kier molecular flexibility index (Phi) is 7.47. The molecule has 0 unspecified atom stereocenters. The summed E-state index contributed by atoms with van der Waals surface area (Å²) in [6.07, 6.45) is -0.294. The van der Waals surface area contributed by atoms with Crippen molar-refractivity contribution in [3.63, 3.8) is 0 Å². The van der Waals surface area contributed by atoms with E-state index in [4.69, 9.17) is 14.2 Å². The number of nitrogens with one attached hydrogen (secondary N) is 1. The fraction of sp³-hybridized carbons (Fsp3) is 0.533. The molecule has 0 spiro atoms. The first kappa shape index (κ1) is 19.4. The van der Waals surface area contributed by atoms with Gasteiger partial charge in [0, 0.05) is 7.11 Å². The van der Waals surface area contributed by atoms with Crippen molar-refractivity contribution in [3.8, 4) is 5.75 Å². The first-order chi connectivity index (χ1) is 10.8. The van der Waals surface area contributed by atoms with Crippen LogP contribution in [0.1, 0.15) is 19.4 Å². The van der Waals surface area contributed by atoms with E-state index >= 15 is 0 Å². The van der Waals surface area contributed by atoms with Gasteiger partial charge in [-0.1, -0.05) is 0 Å². The third-order valence-corrected chi connectivity index (χ3v) is 4.17. The summed E-state index contributed by atoms with van der Waals surface area (Å²) < 4.78 is 41.8. The molecule has 0 atom stereocenters. The molecule has 0 aliphatic heterocycles. The lowest BCUT2D eigenvalue weighted by molar-refractivity contribution is -0.145. The number of carbonyl (C=O) groups excluding carboxylic acids is 1. The fourth-order valence-corrected chi connectivity index (χ4v) is 2.78. The highest BCUT2D eigenvalue weighted by Crippen LogP contribution is 2.21. The minimum atomic E-state index is -3.79. The highest BCUT2D eigenvalue weighted by atomic mass is 32.2. The zero-order valence-corrected chi connectivity index (χ0v) is 14.6. The molecule has 8 heteroatoms. The monoisotopic (exact) mass is 345 g/mol. The molecular formula is C15H23NO6S. The third-order valence-electron chi connectivity index (χ3n) is 2.78. The third kappa shape index (κ3) is 6.55. The van der Waals surface area contributed by atoms with Crippen molar-refractivity contribution in [2.24, 2.45) is 0 Å². The zero-order chi connectivity index (χ0) is 17.5. The molecule has 0 bridgehead atoms. The summed E-state index contributed by atoms with van der Waals surface area (Å²) >= 11 is 0. The van der Waals surface area contributed by atoms with Gasteiger partial charge in [-0.15, -0.1) is 0 Å². The molecule has 1 rings (SSSR count). The summed E-state index contributed by atoms with van der Waals surface area (Å²) in [5, 5.41) is 0. The van der Waals surface area contributed by atoms with Crippen molar-refractivity contribution in [2.75, 3.05) is 26.9 Å². The normalized spacial score (nSPS) is 11.5. The zero-order valence-electron chi connectivity index (χ0n) is 13.8. The van der Waals surface area contributed by atoms with Crippen molar-refractivity contribution in [2.45, 2.75) is 31.8 Å². The van der Waals surface area contributed by atoms with E-state index in [-0.39, 0.29) is 11.0 Å². The second kappa shape index (κ2) is 8.85. The van der Waals surface area contributed by atoms with Gasteiger partial charge in [0.15, 0.2) is 0 Å². The molecule has 0 saturated carbocycles. The summed E-state index contributed by atoms with van der Waals surface area (Å²) in [6, 6.07) is 4.48. The summed E-state index contributed by atoms with van der Waals surface area (Å²) in [4.78, 5) is 11.5. The highest BCUT2D eigenvalue weighted by Gasteiger charge is 2.17. The van der Waals surface area contributed by atoms with Crippen LogP contribution in [0.5, 0.6) is 5.75 Å². The lowest BCUT2D eigenvalue weighted by atomic mass is 10.2. The van der Waals surface area contributed by atoms with Gasteiger partial charge in [-0.25, -0.2) is 8.42 Å². The van der Waals surface area contributed by atoms with Crippen molar-refractivity contribution in [1.29, 1.82) is 0 Å². The number of esters is 1. The van der Waals surface area contributed by atoms with Gasteiger partial charge in [-0.3, -0.25) is 4.79 Å². The van der Waals surface area contributed by atoms with E-state index < -0.39 is 22.5 Å². The molecule has 0 radical (unpaired) electrons. The van der Waals surface area contributed by atoms with Crippen molar-refractivity contribution in [3.05, 3.63) is 23.8 Å². The summed E-state index contributed by atoms with van der Waals surface area (Å²) in [6.45, 7) is 5.54. The van der Waals surface area contributed by atoms with Crippen LogP contribution in [0.3, 0.4) is 0 Å². The van der Waals surface area contributed by atoms with Gasteiger partial charge in [0.25, 0.3) is 0 Å². The maximum Gasteiger partial charge on any atom is 0.321 e. The SMILES string of the molecule is COCCOc1ccc(S(=O)(=O)NCC(=O)OC(C)C)cc1C. The van der Waals surface area contributed by atoms with Crippen molar-refractivity contribution in [1.82, 2.24) is 4.72 Å². The second-order valence-corrected chi connectivity index (χ2v) is 6.90.